The Balaban J connectivity index is 1.30. The molecule has 0 aromatic heterocycles. The summed E-state index contributed by atoms with van der Waals surface area (Å²) in [5.41, 5.74) is 0.948. The minimum atomic E-state index is 0.134. The minimum Gasteiger partial charge on any atom is -0.488 e. The highest BCUT2D eigenvalue weighted by atomic mass is 35.5. The molecule has 1 amide bonds. The molecule has 4 rings (SSSR count). The van der Waals surface area contributed by atoms with Crippen molar-refractivity contribution in [2.45, 2.75) is 26.7 Å². The maximum absolute atomic E-state index is 12.2. The number of carbonyl (C=O) groups is 1. The van der Waals surface area contributed by atoms with Gasteiger partial charge in [0.05, 0.1) is 5.76 Å². The average Bonchev–Trinajstić information content (AvgIpc) is 3.16. The number of likely N-dealkylation sites (tertiary alicyclic amines) is 1. The van der Waals surface area contributed by atoms with Gasteiger partial charge in [0.15, 0.2) is 6.61 Å². The number of carbonyl (C=O) groups excluding carboxylic acids is 1. The summed E-state index contributed by atoms with van der Waals surface area (Å²) in [4.78, 5) is 14.2. The Morgan fingerprint density at radius 1 is 1.45 bits per heavy atom. The monoisotopic (exact) mass is 293 g/mol. The molecule has 1 saturated heterocycles. The van der Waals surface area contributed by atoms with Crippen molar-refractivity contribution in [3.05, 3.63) is 22.9 Å². The Hall–Kier alpha value is -0.960. The molecule has 0 radical (unpaired) electrons. The maximum Gasteiger partial charge on any atom is 0.260 e. The molecule has 1 heterocycles. The first-order chi connectivity index (χ1) is 9.47. The van der Waals surface area contributed by atoms with E-state index in [1.165, 1.54) is 0 Å². The smallest absolute Gasteiger partial charge is 0.260 e. The van der Waals surface area contributed by atoms with Crippen LogP contribution >= 0.6 is 11.6 Å². The topological polar surface area (TPSA) is 29.5 Å². The van der Waals surface area contributed by atoms with Gasteiger partial charge in [0.1, 0.15) is 0 Å². The van der Waals surface area contributed by atoms with Gasteiger partial charge in [0.2, 0.25) is 0 Å². The lowest BCUT2D eigenvalue weighted by Crippen LogP contribution is -2.33. The van der Waals surface area contributed by atoms with E-state index in [0.29, 0.717) is 10.8 Å². The van der Waals surface area contributed by atoms with Gasteiger partial charge in [-0.1, -0.05) is 25.4 Å². The predicted octanol–water partition coefficient (Wildman–Crippen LogP) is 2.92. The van der Waals surface area contributed by atoms with E-state index < -0.39 is 0 Å². The highest BCUT2D eigenvalue weighted by Gasteiger charge is 2.93. The third kappa shape index (κ3) is 1.50. The summed E-state index contributed by atoms with van der Waals surface area (Å²) >= 11 is 5.90. The van der Waals surface area contributed by atoms with Crippen molar-refractivity contribution in [2.24, 2.45) is 22.7 Å². The molecule has 1 spiro atoms. The van der Waals surface area contributed by atoms with Gasteiger partial charge in [0.25, 0.3) is 5.91 Å². The number of hydrogen-bond acceptors (Lipinski definition) is 2. The quantitative estimate of drug-likeness (QED) is 0.801. The van der Waals surface area contributed by atoms with Gasteiger partial charge < -0.3 is 9.64 Å². The van der Waals surface area contributed by atoms with Gasteiger partial charge in [-0.05, 0) is 35.8 Å². The minimum absolute atomic E-state index is 0.134. The van der Waals surface area contributed by atoms with E-state index in [1.807, 2.05) is 17.1 Å². The third-order valence-electron chi connectivity index (χ3n) is 6.07. The molecule has 4 heteroatoms. The van der Waals surface area contributed by atoms with Gasteiger partial charge in [-0.25, -0.2) is 0 Å². The summed E-state index contributed by atoms with van der Waals surface area (Å²) in [5, 5.41) is 0.851. The fourth-order valence-electron chi connectivity index (χ4n) is 4.79. The van der Waals surface area contributed by atoms with Gasteiger partial charge in [-0.2, -0.15) is 0 Å². The molecule has 0 N–H and O–H groups in total. The molecule has 0 aromatic carbocycles. The van der Waals surface area contributed by atoms with Crippen LogP contribution in [-0.2, 0) is 9.53 Å². The van der Waals surface area contributed by atoms with Gasteiger partial charge in [-0.15, -0.1) is 0 Å². The van der Waals surface area contributed by atoms with Gasteiger partial charge in [-0.3, -0.25) is 4.79 Å². The van der Waals surface area contributed by atoms with Gasteiger partial charge in [0, 0.05) is 30.0 Å². The van der Waals surface area contributed by atoms with Crippen molar-refractivity contribution in [1.29, 1.82) is 0 Å². The molecule has 108 valence electrons. The van der Waals surface area contributed by atoms with Crippen molar-refractivity contribution in [1.82, 2.24) is 4.90 Å². The van der Waals surface area contributed by atoms with Crippen LogP contribution < -0.4 is 0 Å². The summed E-state index contributed by atoms with van der Waals surface area (Å²) in [6.45, 7) is 6.73. The second-order valence-electron chi connectivity index (χ2n) is 7.16. The Morgan fingerprint density at radius 3 is 2.85 bits per heavy atom. The third-order valence-corrected chi connectivity index (χ3v) is 6.38. The summed E-state index contributed by atoms with van der Waals surface area (Å²) < 4.78 is 5.62. The number of nitrogens with zero attached hydrogens (tertiary/aromatic N) is 1. The van der Waals surface area contributed by atoms with E-state index in [2.05, 4.69) is 13.8 Å². The molecular weight excluding hydrogens is 274 g/mol. The number of allylic oxidation sites excluding steroid dienone is 4. The lowest BCUT2D eigenvalue weighted by atomic mass is 9.87. The van der Waals surface area contributed by atoms with Crippen LogP contribution in [0, 0.1) is 22.7 Å². The van der Waals surface area contributed by atoms with E-state index in [0.717, 1.165) is 48.6 Å². The normalized spacial score (nSPS) is 39.5. The zero-order valence-corrected chi connectivity index (χ0v) is 12.7. The maximum atomic E-state index is 12.2. The molecule has 2 saturated carbocycles. The summed E-state index contributed by atoms with van der Waals surface area (Å²) in [7, 11) is 0. The molecular formula is C16H20ClNO2. The van der Waals surface area contributed by atoms with E-state index in [4.69, 9.17) is 16.3 Å². The fourth-order valence-corrected chi connectivity index (χ4v) is 4.94. The fraction of sp³-hybridized carbons (Fsp3) is 0.688. The van der Waals surface area contributed by atoms with Gasteiger partial charge >= 0.3 is 0 Å². The first kappa shape index (κ1) is 12.8. The Bertz CT molecular complexity index is 551. The molecule has 3 unspecified atom stereocenters. The molecule has 0 bridgehead atoms. The number of fused-ring (bicyclic) bond motifs is 1. The highest BCUT2D eigenvalue weighted by molar-refractivity contribution is 6.29. The number of hydrogen-bond donors (Lipinski definition) is 0. The lowest BCUT2D eigenvalue weighted by Gasteiger charge is -2.19. The zero-order chi connectivity index (χ0) is 14.1. The Morgan fingerprint density at radius 2 is 2.25 bits per heavy atom. The van der Waals surface area contributed by atoms with Crippen LogP contribution in [0.15, 0.2) is 22.9 Å². The van der Waals surface area contributed by atoms with Crippen LogP contribution in [0.2, 0.25) is 0 Å². The molecule has 20 heavy (non-hydrogen) atoms. The number of piperidine rings is 1. The highest BCUT2D eigenvalue weighted by Crippen LogP contribution is 2.93. The van der Waals surface area contributed by atoms with E-state index in [1.54, 1.807) is 0 Å². The summed E-state index contributed by atoms with van der Waals surface area (Å²) in [5.74, 6) is 2.66. The molecule has 0 aromatic rings. The summed E-state index contributed by atoms with van der Waals surface area (Å²) in [6, 6.07) is 0. The van der Waals surface area contributed by atoms with Crippen molar-refractivity contribution in [3.63, 3.8) is 0 Å². The van der Waals surface area contributed by atoms with Crippen LogP contribution in [0.25, 0.3) is 0 Å². The number of halogens is 1. The largest absolute Gasteiger partial charge is 0.488 e. The molecule has 3 atom stereocenters. The number of rotatable bonds is 3. The SMILES string of the molecule is CC1(C)C2C3CN(C(=O)COC4=CC=C(Cl)CC4)CC321. The van der Waals surface area contributed by atoms with Crippen molar-refractivity contribution in [3.8, 4) is 0 Å². The van der Waals surface area contributed by atoms with Crippen molar-refractivity contribution >= 4 is 17.5 Å². The number of amides is 1. The molecule has 3 fully saturated rings. The van der Waals surface area contributed by atoms with Crippen LogP contribution in [0.4, 0.5) is 0 Å². The zero-order valence-electron chi connectivity index (χ0n) is 12.0. The van der Waals surface area contributed by atoms with Crippen LogP contribution in [0.3, 0.4) is 0 Å². The Labute approximate surface area is 124 Å². The summed E-state index contributed by atoms with van der Waals surface area (Å²) in [6.07, 6.45) is 5.34. The van der Waals surface area contributed by atoms with Crippen LogP contribution in [0.1, 0.15) is 26.7 Å². The van der Waals surface area contributed by atoms with Crippen molar-refractivity contribution in [2.75, 3.05) is 19.7 Å². The number of ether oxygens (including phenoxy) is 1. The molecule has 3 aliphatic carbocycles. The average molecular weight is 294 g/mol. The molecule has 1 aliphatic heterocycles. The predicted molar refractivity (Wildman–Crippen MR) is 77.0 cm³/mol. The second-order valence-corrected chi connectivity index (χ2v) is 7.64. The lowest BCUT2D eigenvalue weighted by molar-refractivity contribution is -0.134. The first-order valence-electron chi connectivity index (χ1n) is 7.42. The molecule has 4 aliphatic rings. The molecule has 3 nitrogen and oxygen atoms in total. The van der Waals surface area contributed by atoms with Crippen LogP contribution in [-0.4, -0.2) is 30.5 Å². The van der Waals surface area contributed by atoms with E-state index >= 15 is 0 Å². The van der Waals surface area contributed by atoms with Crippen molar-refractivity contribution < 1.29 is 9.53 Å². The standard InChI is InChI=1S/C16H20ClNO2/c1-15(2)14-12-7-18(9-16(12,14)15)13(19)8-20-11-5-3-10(17)4-6-11/h3,5,12,14H,4,6-9H2,1-2H3. The second kappa shape index (κ2) is 3.82. The van der Waals surface area contributed by atoms with E-state index in [-0.39, 0.29) is 12.5 Å². The van der Waals surface area contributed by atoms with Crippen LogP contribution in [0.5, 0.6) is 0 Å². The van der Waals surface area contributed by atoms with E-state index in [9.17, 15) is 4.79 Å². The first-order valence-corrected chi connectivity index (χ1v) is 7.80. The Kier molecular flexibility index (Phi) is 2.44.